The minimum absolute atomic E-state index is 0.0612. The van der Waals surface area contributed by atoms with Gasteiger partial charge in [-0.15, -0.1) is 0 Å². The van der Waals surface area contributed by atoms with Crippen LogP contribution in [-0.4, -0.2) is 15.7 Å². The summed E-state index contributed by atoms with van der Waals surface area (Å²) in [4.78, 5) is 13.0. The number of benzene rings is 1. The fourth-order valence-electron chi connectivity index (χ4n) is 3.28. The molecule has 1 fully saturated rings. The molecule has 26 heavy (non-hydrogen) atoms. The van der Waals surface area contributed by atoms with Crippen molar-refractivity contribution in [1.82, 2.24) is 15.1 Å². The van der Waals surface area contributed by atoms with Gasteiger partial charge in [0.2, 0.25) is 0 Å². The zero-order valence-electron chi connectivity index (χ0n) is 14.9. The summed E-state index contributed by atoms with van der Waals surface area (Å²) < 4.78 is 7.28. The lowest BCUT2D eigenvalue weighted by molar-refractivity contribution is 0.0946. The molecule has 0 bridgehead atoms. The van der Waals surface area contributed by atoms with Gasteiger partial charge in [0.15, 0.2) is 0 Å². The molecule has 4 rings (SSSR count). The van der Waals surface area contributed by atoms with Gasteiger partial charge in [-0.1, -0.05) is 31.5 Å². The number of furan rings is 1. The maximum absolute atomic E-state index is 13.0. The third-order valence-electron chi connectivity index (χ3n) is 4.69. The zero-order chi connectivity index (χ0) is 17.9. The largest absolute Gasteiger partial charge is 0.467 e. The Hall–Kier alpha value is -2.82. The van der Waals surface area contributed by atoms with E-state index < -0.39 is 0 Å². The van der Waals surface area contributed by atoms with Crippen LogP contribution in [0.5, 0.6) is 0 Å². The Labute approximate surface area is 153 Å². The SMILES string of the molecule is CCCc1c(C(=O)NCc2ccco2)c(C2CC2)nn1-c1ccccc1. The van der Waals surface area contributed by atoms with E-state index in [-0.39, 0.29) is 5.91 Å². The van der Waals surface area contributed by atoms with E-state index in [4.69, 9.17) is 9.52 Å². The maximum Gasteiger partial charge on any atom is 0.255 e. The Morgan fingerprint density at radius 2 is 2.04 bits per heavy atom. The van der Waals surface area contributed by atoms with E-state index in [1.165, 1.54) is 0 Å². The van der Waals surface area contributed by atoms with Gasteiger partial charge in [0, 0.05) is 5.92 Å². The van der Waals surface area contributed by atoms with Crippen LogP contribution in [0.25, 0.3) is 5.69 Å². The first-order valence-electron chi connectivity index (χ1n) is 9.25. The molecule has 1 amide bonds. The molecule has 5 nitrogen and oxygen atoms in total. The minimum Gasteiger partial charge on any atom is -0.467 e. The van der Waals surface area contributed by atoms with Gasteiger partial charge in [-0.05, 0) is 43.5 Å². The summed E-state index contributed by atoms with van der Waals surface area (Å²) in [5.74, 6) is 1.09. The molecule has 0 radical (unpaired) electrons. The second kappa shape index (κ2) is 7.20. The lowest BCUT2D eigenvalue weighted by Gasteiger charge is -2.09. The Morgan fingerprint density at radius 1 is 1.23 bits per heavy atom. The second-order valence-electron chi connectivity index (χ2n) is 6.74. The molecule has 0 aliphatic heterocycles. The van der Waals surface area contributed by atoms with Crippen LogP contribution >= 0.6 is 0 Å². The predicted molar refractivity (Wildman–Crippen MR) is 99.4 cm³/mol. The van der Waals surface area contributed by atoms with Crippen molar-refractivity contribution in [1.29, 1.82) is 0 Å². The summed E-state index contributed by atoms with van der Waals surface area (Å²) in [6, 6.07) is 13.8. The first-order valence-corrected chi connectivity index (χ1v) is 9.25. The number of nitrogens with zero attached hydrogens (tertiary/aromatic N) is 2. The number of para-hydroxylation sites is 1. The lowest BCUT2D eigenvalue weighted by Crippen LogP contribution is -2.24. The van der Waals surface area contributed by atoms with Gasteiger partial charge in [0.05, 0.1) is 35.4 Å². The summed E-state index contributed by atoms with van der Waals surface area (Å²) in [5.41, 5.74) is 3.69. The molecule has 0 saturated heterocycles. The van der Waals surface area contributed by atoms with Crippen LogP contribution in [0.2, 0.25) is 0 Å². The van der Waals surface area contributed by atoms with Crippen LogP contribution < -0.4 is 5.32 Å². The van der Waals surface area contributed by atoms with Gasteiger partial charge in [0.1, 0.15) is 5.76 Å². The minimum atomic E-state index is -0.0612. The lowest BCUT2D eigenvalue weighted by atomic mass is 10.1. The normalized spacial score (nSPS) is 13.7. The standard InChI is InChI=1S/C21H23N3O2/c1-2-7-18-19(21(25)22-14-17-10-6-13-26-17)20(15-11-12-15)23-24(18)16-8-4-3-5-9-16/h3-6,8-10,13,15H,2,7,11-12,14H2,1H3,(H,22,25). The molecule has 0 spiro atoms. The molecule has 2 aromatic heterocycles. The highest BCUT2D eigenvalue weighted by Crippen LogP contribution is 2.42. The number of carbonyl (C=O) groups is 1. The van der Waals surface area contributed by atoms with Crippen LogP contribution in [-0.2, 0) is 13.0 Å². The summed E-state index contributed by atoms with van der Waals surface area (Å²) in [7, 11) is 0. The highest BCUT2D eigenvalue weighted by molar-refractivity contribution is 5.97. The highest BCUT2D eigenvalue weighted by Gasteiger charge is 2.34. The average Bonchev–Trinajstić information content (AvgIpc) is 3.24. The van der Waals surface area contributed by atoms with Gasteiger partial charge < -0.3 is 9.73 Å². The van der Waals surface area contributed by atoms with Gasteiger partial charge in [-0.25, -0.2) is 4.68 Å². The summed E-state index contributed by atoms with van der Waals surface area (Å²) >= 11 is 0. The summed E-state index contributed by atoms with van der Waals surface area (Å²) in [5, 5.41) is 7.86. The predicted octanol–water partition coefficient (Wildman–Crippen LogP) is 4.23. The number of hydrogen-bond donors (Lipinski definition) is 1. The van der Waals surface area contributed by atoms with Crippen LogP contribution in [0.4, 0.5) is 0 Å². The van der Waals surface area contributed by atoms with E-state index in [0.29, 0.717) is 12.5 Å². The first-order chi connectivity index (χ1) is 12.8. The van der Waals surface area contributed by atoms with E-state index in [2.05, 4.69) is 12.2 Å². The van der Waals surface area contributed by atoms with Gasteiger partial charge in [-0.3, -0.25) is 4.79 Å². The molecule has 5 heteroatoms. The monoisotopic (exact) mass is 349 g/mol. The number of amides is 1. The van der Waals surface area contributed by atoms with Crippen molar-refractivity contribution in [3.05, 3.63) is 71.4 Å². The fourth-order valence-corrected chi connectivity index (χ4v) is 3.28. The first kappa shape index (κ1) is 16.6. The summed E-state index contributed by atoms with van der Waals surface area (Å²) in [6.45, 7) is 2.52. The van der Waals surface area contributed by atoms with Gasteiger partial charge >= 0.3 is 0 Å². The molecule has 1 N–H and O–H groups in total. The van der Waals surface area contributed by atoms with E-state index in [1.54, 1.807) is 6.26 Å². The number of aromatic nitrogens is 2. The average molecular weight is 349 g/mol. The Kier molecular flexibility index (Phi) is 4.61. The van der Waals surface area contributed by atoms with Crippen molar-refractivity contribution in [2.45, 2.75) is 45.1 Å². The van der Waals surface area contributed by atoms with Crippen molar-refractivity contribution < 1.29 is 9.21 Å². The molecule has 134 valence electrons. The molecule has 0 unspecified atom stereocenters. The van der Waals surface area contributed by atoms with Gasteiger partial charge in [-0.2, -0.15) is 5.10 Å². The van der Waals surface area contributed by atoms with Crippen molar-refractivity contribution in [2.24, 2.45) is 0 Å². The van der Waals surface area contributed by atoms with Crippen molar-refractivity contribution in [3.63, 3.8) is 0 Å². The van der Waals surface area contributed by atoms with Crippen molar-refractivity contribution in [2.75, 3.05) is 0 Å². The van der Waals surface area contributed by atoms with E-state index in [0.717, 1.165) is 54.1 Å². The van der Waals surface area contributed by atoms with E-state index >= 15 is 0 Å². The van der Waals surface area contributed by atoms with Crippen LogP contribution in [0, 0.1) is 0 Å². The molecule has 1 aliphatic rings. The molecule has 3 aromatic rings. The van der Waals surface area contributed by atoms with Crippen LogP contribution in [0.3, 0.4) is 0 Å². The van der Waals surface area contributed by atoms with Crippen LogP contribution in [0.15, 0.2) is 53.1 Å². The number of rotatable bonds is 7. The molecule has 1 aliphatic carbocycles. The van der Waals surface area contributed by atoms with Crippen molar-refractivity contribution in [3.8, 4) is 5.69 Å². The Balaban J connectivity index is 1.71. The summed E-state index contributed by atoms with van der Waals surface area (Å²) in [6.07, 6.45) is 5.61. The van der Waals surface area contributed by atoms with E-state index in [1.807, 2.05) is 47.1 Å². The van der Waals surface area contributed by atoms with E-state index in [9.17, 15) is 4.79 Å². The number of carbonyl (C=O) groups excluding carboxylic acids is 1. The Bertz CT molecular complexity index is 878. The number of nitrogens with one attached hydrogen (secondary N) is 1. The third-order valence-corrected chi connectivity index (χ3v) is 4.69. The third kappa shape index (κ3) is 3.29. The van der Waals surface area contributed by atoms with Crippen molar-refractivity contribution >= 4 is 5.91 Å². The molecule has 0 atom stereocenters. The number of hydrogen-bond acceptors (Lipinski definition) is 3. The Morgan fingerprint density at radius 3 is 2.69 bits per heavy atom. The fraction of sp³-hybridized carbons (Fsp3) is 0.333. The smallest absolute Gasteiger partial charge is 0.255 e. The molecule has 2 heterocycles. The quantitative estimate of drug-likeness (QED) is 0.694. The molecule has 1 aromatic carbocycles. The molecular formula is C21H23N3O2. The van der Waals surface area contributed by atoms with Gasteiger partial charge in [0.25, 0.3) is 5.91 Å². The maximum atomic E-state index is 13.0. The molecule has 1 saturated carbocycles. The second-order valence-corrected chi connectivity index (χ2v) is 6.74. The topological polar surface area (TPSA) is 60.1 Å². The highest BCUT2D eigenvalue weighted by atomic mass is 16.3. The molecular weight excluding hydrogens is 326 g/mol. The zero-order valence-corrected chi connectivity index (χ0v) is 14.9. The van der Waals surface area contributed by atoms with Crippen LogP contribution in [0.1, 0.15) is 59.6 Å².